The van der Waals surface area contributed by atoms with Gasteiger partial charge in [-0.3, -0.25) is 4.98 Å². The van der Waals surface area contributed by atoms with E-state index in [9.17, 15) is 0 Å². The number of ether oxygens (including phenoxy) is 1. The molecule has 27 heavy (non-hydrogen) atoms. The molecular weight excluding hydrogens is 338 g/mol. The number of nitrogens with one attached hydrogen (secondary N) is 1. The molecule has 0 fully saturated rings. The van der Waals surface area contributed by atoms with Crippen LogP contribution in [0, 0.1) is 0 Å². The summed E-state index contributed by atoms with van der Waals surface area (Å²) in [4.78, 5) is 4.12. The Bertz CT molecular complexity index is 1010. The summed E-state index contributed by atoms with van der Waals surface area (Å²) in [6.45, 7) is 0.731. The quantitative estimate of drug-likeness (QED) is 0.525. The van der Waals surface area contributed by atoms with Gasteiger partial charge in [-0.15, -0.1) is 0 Å². The first-order valence-electron chi connectivity index (χ1n) is 8.67. The van der Waals surface area contributed by atoms with Crippen LogP contribution < -0.4 is 10.1 Å². The largest absolute Gasteiger partial charge is 0.496 e. The first kappa shape index (κ1) is 16.8. The highest BCUT2D eigenvalue weighted by Gasteiger charge is 2.12. The Morgan fingerprint density at radius 1 is 1.00 bits per heavy atom. The molecule has 1 N–H and O–H groups in total. The standard InChI is InChI=1S/C22H19N3O2/c1-26-21-7-3-2-6-19(21)22-13-20(25-27-22)17-8-10-18(11-9-17)24-15-16-5-4-12-23-14-16/h2-14,24H,15H2,1H3. The fourth-order valence-corrected chi connectivity index (χ4v) is 2.85. The minimum absolute atomic E-state index is 0.682. The second-order valence-electron chi connectivity index (χ2n) is 6.07. The van der Waals surface area contributed by atoms with E-state index >= 15 is 0 Å². The first-order valence-corrected chi connectivity index (χ1v) is 8.67. The van der Waals surface area contributed by atoms with Gasteiger partial charge in [0.2, 0.25) is 0 Å². The molecule has 2 heterocycles. The van der Waals surface area contributed by atoms with Gasteiger partial charge in [0, 0.05) is 36.3 Å². The molecule has 134 valence electrons. The molecule has 0 radical (unpaired) electrons. The van der Waals surface area contributed by atoms with Crippen LogP contribution in [0.2, 0.25) is 0 Å². The van der Waals surface area contributed by atoms with Crippen molar-refractivity contribution in [3.8, 4) is 28.3 Å². The van der Waals surface area contributed by atoms with Gasteiger partial charge in [0.05, 0.1) is 12.7 Å². The van der Waals surface area contributed by atoms with E-state index in [0.29, 0.717) is 5.76 Å². The molecule has 0 amide bonds. The van der Waals surface area contributed by atoms with Gasteiger partial charge >= 0.3 is 0 Å². The van der Waals surface area contributed by atoms with Gasteiger partial charge in [-0.25, -0.2) is 0 Å². The van der Waals surface area contributed by atoms with Gasteiger partial charge in [0.1, 0.15) is 11.4 Å². The molecule has 2 aromatic carbocycles. The fraction of sp³-hybridized carbons (Fsp3) is 0.0909. The summed E-state index contributed by atoms with van der Waals surface area (Å²) in [6, 6.07) is 21.7. The number of rotatable bonds is 6. The number of para-hydroxylation sites is 1. The van der Waals surface area contributed by atoms with Crippen molar-refractivity contribution in [2.75, 3.05) is 12.4 Å². The lowest BCUT2D eigenvalue weighted by atomic mass is 10.1. The van der Waals surface area contributed by atoms with Gasteiger partial charge in [-0.1, -0.05) is 35.5 Å². The third kappa shape index (κ3) is 3.82. The number of pyridine rings is 1. The minimum atomic E-state index is 0.682. The summed E-state index contributed by atoms with van der Waals surface area (Å²) in [5.74, 6) is 1.44. The van der Waals surface area contributed by atoms with Crippen LogP contribution in [-0.4, -0.2) is 17.3 Å². The van der Waals surface area contributed by atoms with Crippen LogP contribution in [-0.2, 0) is 6.54 Å². The maximum atomic E-state index is 5.53. The fourth-order valence-electron chi connectivity index (χ4n) is 2.85. The lowest BCUT2D eigenvalue weighted by molar-refractivity contribution is 0.407. The Labute approximate surface area is 157 Å². The average molecular weight is 357 g/mol. The smallest absolute Gasteiger partial charge is 0.171 e. The number of methoxy groups -OCH3 is 1. The zero-order valence-corrected chi connectivity index (χ0v) is 14.9. The number of hydrogen-bond acceptors (Lipinski definition) is 5. The molecule has 0 spiro atoms. The van der Waals surface area contributed by atoms with Crippen molar-refractivity contribution in [3.05, 3.63) is 84.7 Å². The summed E-state index contributed by atoms with van der Waals surface area (Å²) in [7, 11) is 1.65. The van der Waals surface area contributed by atoms with E-state index < -0.39 is 0 Å². The first-order chi connectivity index (χ1) is 13.3. The van der Waals surface area contributed by atoms with Crippen molar-refractivity contribution < 1.29 is 9.26 Å². The van der Waals surface area contributed by atoms with Crippen molar-refractivity contribution in [2.24, 2.45) is 0 Å². The third-order valence-electron chi connectivity index (χ3n) is 4.28. The molecule has 5 nitrogen and oxygen atoms in total. The Morgan fingerprint density at radius 2 is 1.85 bits per heavy atom. The molecule has 4 aromatic rings. The molecular formula is C22H19N3O2. The molecule has 0 aliphatic heterocycles. The highest BCUT2D eigenvalue weighted by Crippen LogP contribution is 2.32. The summed E-state index contributed by atoms with van der Waals surface area (Å²) < 4.78 is 10.9. The normalized spacial score (nSPS) is 10.6. The van der Waals surface area contributed by atoms with Crippen molar-refractivity contribution >= 4 is 5.69 Å². The van der Waals surface area contributed by atoms with Gasteiger partial charge < -0.3 is 14.6 Å². The minimum Gasteiger partial charge on any atom is -0.496 e. The van der Waals surface area contributed by atoms with Crippen molar-refractivity contribution in [1.29, 1.82) is 0 Å². The van der Waals surface area contributed by atoms with Crippen LogP contribution in [0.3, 0.4) is 0 Å². The highest BCUT2D eigenvalue weighted by atomic mass is 16.5. The van der Waals surface area contributed by atoms with Gasteiger partial charge in [-0.05, 0) is 35.9 Å². The van der Waals surface area contributed by atoms with Crippen LogP contribution in [0.15, 0.2) is 83.6 Å². The highest BCUT2D eigenvalue weighted by molar-refractivity contribution is 5.71. The van der Waals surface area contributed by atoms with Crippen molar-refractivity contribution in [1.82, 2.24) is 10.1 Å². The number of aromatic nitrogens is 2. The van der Waals surface area contributed by atoms with Crippen LogP contribution in [0.4, 0.5) is 5.69 Å². The second kappa shape index (κ2) is 7.74. The Morgan fingerprint density at radius 3 is 2.63 bits per heavy atom. The molecule has 0 unspecified atom stereocenters. The Hall–Kier alpha value is -3.60. The molecule has 0 aliphatic rings. The number of benzene rings is 2. The van der Waals surface area contributed by atoms with E-state index in [2.05, 4.69) is 15.5 Å². The molecule has 0 aliphatic carbocycles. The second-order valence-corrected chi connectivity index (χ2v) is 6.07. The van der Waals surface area contributed by atoms with E-state index in [4.69, 9.17) is 9.26 Å². The van der Waals surface area contributed by atoms with Gasteiger partial charge in [-0.2, -0.15) is 0 Å². The third-order valence-corrected chi connectivity index (χ3v) is 4.28. The van der Waals surface area contributed by atoms with E-state index in [-0.39, 0.29) is 0 Å². The van der Waals surface area contributed by atoms with Crippen molar-refractivity contribution in [3.63, 3.8) is 0 Å². The molecule has 4 rings (SSSR count). The van der Waals surface area contributed by atoms with E-state index in [1.54, 1.807) is 13.3 Å². The lowest BCUT2D eigenvalue weighted by Gasteiger charge is -2.06. The van der Waals surface area contributed by atoms with Crippen LogP contribution in [0.5, 0.6) is 5.75 Å². The number of nitrogens with zero attached hydrogens (tertiary/aromatic N) is 2. The van der Waals surface area contributed by atoms with Crippen LogP contribution in [0.1, 0.15) is 5.56 Å². The van der Waals surface area contributed by atoms with E-state index in [0.717, 1.165) is 40.4 Å². The molecule has 0 atom stereocenters. The molecule has 0 bridgehead atoms. The predicted molar refractivity (Wildman–Crippen MR) is 105 cm³/mol. The van der Waals surface area contributed by atoms with Crippen LogP contribution >= 0.6 is 0 Å². The molecule has 2 aromatic heterocycles. The van der Waals surface area contributed by atoms with E-state index in [1.807, 2.05) is 72.9 Å². The van der Waals surface area contributed by atoms with Gasteiger partial charge in [0.15, 0.2) is 5.76 Å². The van der Waals surface area contributed by atoms with Gasteiger partial charge in [0.25, 0.3) is 0 Å². The molecule has 5 heteroatoms. The van der Waals surface area contributed by atoms with E-state index in [1.165, 1.54) is 0 Å². The average Bonchev–Trinajstić information content (AvgIpc) is 3.23. The monoisotopic (exact) mass is 357 g/mol. The summed E-state index contributed by atoms with van der Waals surface area (Å²) >= 11 is 0. The number of anilines is 1. The number of hydrogen-bond donors (Lipinski definition) is 1. The zero-order valence-electron chi connectivity index (χ0n) is 14.9. The van der Waals surface area contributed by atoms with Crippen molar-refractivity contribution in [2.45, 2.75) is 6.54 Å². The topological polar surface area (TPSA) is 60.2 Å². The molecule has 0 saturated carbocycles. The summed E-state index contributed by atoms with van der Waals surface area (Å²) in [6.07, 6.45) is 3.63. The SMILES string of the molecule is COc1ccccc1-c1cc(-c2ccc(NCc3cccnc3)cc2)no1. The Balaban J connectivity index is 1.49. The zero-order chi connectivity index (χ0) is 18.5. The maximum Gasteiger partial charge on any atom is 0.171 e. The van der Waals surface area contributed by atoms with Crippen LogP contribution in [0.25, 0.3) is 22.6 Å². The maximum absolute atomic E-state index is 5.53. The Kier molecular flexibility index (Phi) is 4.83. The predicted octanol–water partition coefficient (Wildman–Crippen LogP) is 5.02. The summed E-state index contributed by atoms with van der Waals surface area (Å²) in [5, 5.41) is 7.59. The summed E-state index contributed by atoms with van der Waals surface area (Å²) in [5.41, 5.74) is 4.84. The molecule has 0 saturated heterocycles. The lowest BCUT2D eigenvalue weighted by Crippen LogP contribution is -1.99.